The number of pyridine rings is 1. The summed E-state index contributed by atoms with van der Waals surface area (Å²) in [5.41, 5.74) is 2.12. The minimum absolute atomic E-state index is 0.245. The predicted molar refractivity (Wildman–Crippen MR) is 87.9 cm³/mol. The lowest BCUT2D eigenvalue weighted by atomic mass is 10.2. The van der Waals surface area contributed by atoms with Gasteiger partial charge in [-0.05, 0) is 31.2 Å². The fourth-order valence-corrected chi connectivity index (χ4v) is 2.05. The maximum Gasteiger partial charge on any atom is 0.275 e. The van der Waals surface area contributed by atoms with Crippen LogP contribution in [0.1, 0.15) is 21.8 Å². The van der Waals surface area contributed by atoms with Crippen LogP contribution in [0, 0.1) is 18.3 Å². The van der Waals surface area contributed by atoms with Crippen LogP contribution in [0.15, 0.2) is 53.2 Å². The predicted octanol–water partition coefficient (Wildman–Crippen LogP) is 3.25. The SMILES string of the molecule is Cc1cc(NC(=O)c2ccc(Nc3ccccc3C#N)cn2)no1. The molecule has 2 N–H and O–H groups in total. The van der Waals surface area contributed by atoms with Crippen molar-refractivity contribution in [3.05, 3.63) is 65.7 Å². The van der Waals surface area contributed by atoms with E-state index in [1.54, 1.807) is 43.3 Å². The van der Waals surface area contributed by atoms with E-state index < -0.39 is 0 Å². The fourth-order valence-electron chi connectivity index (χ4n) is 2.05. The van der Waals surface area contributed by atoms with Crippen LogP contribution < -0.4 is 10.6 Å². The van der Waals surface area contributed by atoms with E-state index in [-0.39, 0.29) is 11.6 Å². The first-order chi connectivity index (χ1) is 11.7. The van der Waals surface area contributed by atoms with Crippen LogP contribution in [0.3, 0.4) is 0 Å². The first-order valence-electron chi connectivity index (χ1n) is 7.12. The number of nitriles is 1. The van der Waals surface area contributed by atoms with E-state index >= 15 is 0 Å². The average molecular weight is 319 g/mol. The molecule has 0 unspecified atom stereocenters. The van der Waals surface area contributed by atoms with Gasteiger partial charge in [0.1, 0.15) is 17.5 Å². The van der Waals surface area contributed by atoms with Crippen LogP contribution >= 0.6 is 0 Å². The van der Waals surface area contributed by atoms with Crippen molar-refractivity contribution in [3.8, 4) is 6.07 Å². The van der Waals surface area contributed by atoms with Crippen molar-refractivity contribution in [2.75, 3.05) is 10.6 Å². The first kappa shape index (κ1) is 15.2. The van der Waals surface area contributed by atoms with Crippen molar-refractivity contribution >= 4 is 23.1 Å². The standard InChI is InChI=1S/C17H13N5O2/c1-11-8-16(22-24-11)21-17(23)15-7-6-13(10-19-15)20-14-5-3-2-4-12(14)9-18/h2-8,10,20H,1H3,(H,21,22,23). The Bertz CT molecular complexity index is 909. The normalized spacial score (nSPS) is 10.0. The van der Waals surface area contributed by atoms with Gasteiger partial charge in [0.05, 0.1) is 23.1 Å². The van der Waals surface area contributed by atoms with E-state index in [1.165, 1.54) is 6.20 Å². The van der Waals surface area contributed by atoms with Crippen molar-refractivity contribution in [2.24, 2.45) is 0 Å². The number of rotatable bonds is 4. The molecule has 0 aliphatic heterocycles. The Morgan fingerprint density at radius 3 is 2.75 bits per heavy atom. The Hall–Kier alpha value is -3.66. The van der Waals surface area contributed by atoms with Gasteiger partial charge >= 0.3 is 0 Å². The maximum absolute atomic E-state index is 12.1. The minimum atomic E-state index is -0.382. The number of carbonyl (C=O) groups is 1. The molecule has 1 aromatic carbocycles. The summed E-state index contributed by atoms with van der Waals surface area (Å²) in [6, 6.07) is 14.2. The number of carbonyl (C=O) groups excluding carboxylic acids is 1. The molecule has 118 valence electrons. The van der Waals surface area contributed by atoms with Gasteiger partial charge in [-0.25, -0.2) is 4.98 Å². The van der Waals surface area contributed by atoms with E-state index in [4.69, 9.17) is 9.78 Å². The number of anilines is 3. The molecule has 2 heterocycles. The molecule has 7 heteroatoms. The van der Waals surface area contributed by atoms with Gasteiger partial charge in [-0.3, -0.25) is 4.79 Å². The van der Waals surface area contributed by atoms with E-state index in [9.17, 15) is 4.79 Å². The highest BCUT2D eigenvalue weighted by atomic mass is 16.5. The van der Waals surface area contributed by atoms with E-state index in [2.05, 4.69) is 26.8 Å². The monoisotopic (exact) mass is 319 g/mol. The molecule has 0 fully saturated rings. The molecule has 0 bridgehead atoms. The van der Waals surface area contributed by atoms with Crippen molar-refractivity contribution in [1.82, 2.24) is 10.1 Å². The summed E-state index contributed by atoms with van der Waals surface area (Å²) < 4.78 is 4.89. The number of amides is 1. The lowest BCUT2D eigenvalue weighted by Gasteiger charge is -2.08. The van der Waals surface area contributed by atoms with Crippen LogP contribution in [0.25, 0.3) is 0 Å². The van der Waals surface area contributed by atoms with Crippen LogP contribution in [0.2, 0.25) is 0 Å². The quantitative estimate of drug-likeness (QED) is 0.765. The molecule has 0 aliphatic rings. The summed E-state index contributed by atoms with van der Waals surface area (Å²) in [6.07, 6.45) is 1.52. The van der Waals surface area contributed by atoms with Crippen molar-refractivity contribution in [2.45, 2.75) is 6.92 Å². The molecule has 3 aromatic rings. The number of hydrogen-bond acceptors (Lipinski definition) is 6. The zero-order chi connectivity index (χ0) is 16.9. The zero-order valence-corrected chi connectivity index (χ0v) is 12.8. The summed E-state index contributed by atoms with van der Waals surface area (Å²) in [6.45, 7) is 1.74. The molecular weight excluding hydrogens is 306 g/mol. The highest BCUT2D eigenvalue weighted by Crippen LogP contribution is 2.19. The number of aromatic nitrogens is 2. The summed E-state index contributed by atoms with van der Waals surface area (Å²) >= 11 is 0. The molecule has 0 atom stereocenters. The second-order valence-electron chi connectivity index (χ2n) is 4.99. The number of nitrogens with one attached hydrogen (secondary N) is 2. The molecule has 7 nitrogen and oxygen atoms in total. The summed E-state index contributed by atoms with van der Waals surface area (Å²) in [5.74, 6) is 0.561. The Balaban J connectivity index is 1.71. The molecule has 2 aromatic heterocycles. The van der Waals surface area contributed by atoms with E-state index in [0.29, 0.717) is 28.5 Å². The highest BCUT2D eigenvalue weighted by Gasteiger charge is 2.10. The van der Waals surface area contributed by atoms with Gasteiger partial charge in [0, 0.05) is 6.07 Å². The summed E-state index contributed by atoms with van der Waals surface area (Å²) in [5, 5.41) is 18.5. The largest absolute Gasteiger partial charge is 0.360 e. The lowest BCUT2D eigenvalue weighted by Crippen LogP contribution is -2.13. The smallest absolute Gasteiger partial charge is 0.275 e. The van der Waals surface area contributed by atoms with Crippen molar-refractivity contribution < 1.29 is 9.32 Å². The molecule has 24 heavy (non-hydrogen) atoms. The van der Waals surface area contributed by atoms with Gasteiger partial charge < -0.3 is 15.2 Å². The van der Waals surface area contributed by atoms with Gasteiger partial charge in [0.2, 0.25) is 0 Å². The van der Waals surface area contributed by atoms with Gasteiger partial charge in [0.15, 0.2) is 5.82 Å². The third-order valence-corrected chi connectivity index (χ3v) is 3.19. The van der Waals surface area contributed by atoms with E-state index in [1.807, 2.05) is 6.07 Å². The van der Waals surface area contributed by atoms with Gasteiger partial charge in [0.25, 0.3) is 5.91 Å². The third-order valence-electron chi connectivity index (χ3n) is 3.19. The Morgan fingerprint density at radius 1 is 1.25 bits per heavy atom. The zero-order valence-electron chi connectivity index (χ0n) is 12.8. The van der Waals surface area contributed by atoms with Crippen LogP contribution in [-0.2, 0) is 0 Å². The molecule has 0 radical (unpaired) electrons. The van der Waals surface area contributed by atoms with Crippen LogP contribution in [-0.4, -0.2) is 16.0 Å². The average Bonchev–Trinajstić information content (AvgIpc) is 3.01. The molecule has 3 rings (SSSR count). The van der Waals surface area contributed by atoms with Crippen molar-refractivity contribution in [1.29, 1.82) is 5.26 Å². The molecule has 0 aliphatic carbocycles. The van der Waals surface area contributed by atoms with Crippen LogP contribution in [0.5, 0.6) is 0 Å². The number of nitrogens with zero attached hydrogens (tertiary/aromatic N) is 3. The Morgan fingerprint density at radius 2 is 2.08 bits per heavy atom. The Kier molecular flexibility index (Phi) is 4.21. The number of benzene rings is 1. The molecule has 0 saturated heterocycles. The molecule has 0 spiro atoms. The third kappa shape index (κ3) is 3.39. The number of hydrogen-bond donors (Lipinski definition) is 2. The second kappa shape index (κ2) is 6.62. The fraction of sp³-hybridized carbons (Fsp3) is 0.0588. The highest BCUT2D eigenvalue weighted by molar-refractivity contribution is 6.02. The van der Waals surface area contributed by atoms with Crippen molar-refractivity contribution in [3.63, 3.8) is 0 Å². The molecule has 0 saturated carbocycles. The van der Waals surface area contributed by atoms with E-state index in [0.717, 1.165) is 0 Å². The number of para-hydroxylation sites is 1. The number of aryl methyl sites for hydroxylation is 1. The lowest BCUT2D eigenvalue weighted by molar-refractivity contribution is 0.102. The maximum atomic E-state index is 12.1. The van der Waals surface area contributed by atoms with Gasteiger partial charge in [-0.1, -0.05) is 17.3 Å². The Labute approximate surface area is 137 Å². The first-order valence-corrected chi connectivity index (χ1v) is 7.12. The molecular formula is C17H13N5O2. The summed E-state index contributed by atoms with van der Waals surface area (Å²) in [4.78, 5) is 16.2. The minimum Gasteiger partial charge on any atom is -0.360 e. The van der Waals surface area contributed by atoms with Gasteiger partial charge in [-0.15, -0.1) is 0 Å². The van der Waals surface area contributed by atoms with Crippen LogP contribution in [0.4, 0.5) is 17.2 Å². The molecule has 1 amide bonds. The topological polar surface area (TPSA) is 104 Å². The summed E-state index contributed by atoms with van der Waals surface area (Å²) in [7, 11) is 0. The second-order valence-corrected chi connectivity index (χ2v) is 4.99. The van der Waals surface area contributed by atoms with Gasteiger partial charge in [-0.2, -0.15) is 5.26 Å².